The number of nitrogens with one attached hydrogen (secondary N) is 2. The van der Waals surface area contributed by atoms with Crippen LogP contribution in [0.1, 0.15) is 12.5 Å². The summed E-state index contributed by atoms with van der Waals surface area (Å²) in [5.74, 6) is -0.654. The lowest BCUT2D eigenvalue weighted by Gasteiger charge is -2.07. The molecule has 3 amide bonds. The van der Waals surface area contributed by atoms with Crippen molar-refractivity contribution in [1.82, 2.24) is 5.32 Å². The van der Waals surface area contributed by atoms with Crippen LogP contribution in [0, 0.1) is 0 Å². The molecule has 0 saturated carbocycles. The van der Waals surface area contributed by atoms with E-state index in [9.17, 15) is 9.59 Å². The smallest absolute Gasteiger partial charge is 0.326 e. The lowest BCUT2D eigenvalue weighted by Crippen LogP contribution is -2.35. The predicted molar refractivity (Wildman–Crippen MR) is 68.1 cm³/mol. The van der Waals surface area contributed by atoms with Crippen LogP contribution in [-0.4, -0.2) is 18.7 Å². The van der Waals surface area contributed by atoms with Gasteiger partial charge in [-0.1, -0.05) is 19.1 Å². The summed E-state index contributed by atoms with van der Waals surface area (Å²) >= 11 is 0. The van der Waals surface area contributed by atoms with E-state index in [4.69, 9.17) is 9.47 Å². The molecule has 6 heteroatoms. The highest BCUT2D eigenvalue weighted by Gasteiger charge is 2.18. The molecular formula is C13H14N2O4. The van der Waals surface area contributed by atoms with Gasteiger partial charge in [0.05, 0.1) is 0 Å². The molecule has 0 bridgehead atoms. The van der Waals surface area contributed by atoms with E-state index in [0.717, 1.165) is 12.0 Å². The second-order valence-electron chi connectivity index (χ2n) is 3.87. The number of hydrogen-bond acceptors (Lipinski definition) is 4. The Kier molecular flexibility index (Phi) is 4.02. The third-order valence-electron chi connectivity index (χ3n) is 2.52. The number of urea groups is 1. The molecule has 1 aromatic carbocycles. The van der Waals surface area contributed by atoms with Gasteiger partial charge in [0, 0.05) is 5.69 Å². The first-order valence-corrected chi connectivity index (χ1v) is 5.85. The van der Waals surface area contributed by atoms with E-state index in [1.54, 1.807) is 6.07 Å². The molecule has 0 unspecified atom stereocenters. The summed E-state index contributed by atoms with van der Waals surface area (Å²) in [7, 11) is 0. The van der Waals surface area contributed by atoms with E-state index in [1.807, 2.05) is 25.1 Å². The highest BCUT2D eigenvalue weighted by atomic mass is 16.7. The second kappa shape index (κ2) is 5.90. The number of rotatable bonds is 3. The highest BCUT2D eigenvalue weighted by molar-refractivity contribution is 6.06. The Morgan fingerprint density at radius 3 is 2.89 bits per heavy atom. The number of hydrogen-bond donors (Lipinski definition) is 2. The van der Waals surface area contributed by atoms with Crippen LogP contribution in [0.25, 0.3) is 0 Å². The summed E-state index contributed by atoms with van der Waals surface area (Å²) < 4.78 is 9.58. The monoisotopic (exact) mass is 262 g/mol. The van der Waals surface area contributed by atoms with Crippen molar-refractivity contribution >= 4 is 17.6 Å². The minimum Gasteiger partial charge on any atom is -0.461 e. The van der Waals surface area contributed by atoms with Crippen LogP contribution in [0.5, 0.6) is 0 Å². The van der Waals surface area contributed by atoms with Crippen LogP contribution in [0.3, 0.4) is 0 Å². The zero-order chi connectivity index (χ0) is 13.7. The maximum absolute atomic E-state index is 11.6. The SMILES string of the molecule is CCc1cccc(NC(=O)NC(=O)C2=COCO2)c1. The molecule has 19 heavy (non-hydrogen) atoms. The molecule has 2 rings (SSSR count). The molecular weight excluding hydrogens is 248 g/mol. The average molecular weight is 262 g/mol. The topological polar surface area (TPSA) is 76.7 Å². The maximum atomic E-state index is 11.6. The van der Waals surface area contributed by atoms with E-state index in [1.165, 1.54) is 6.26 Å². The van der Waals surface area contributed by atoms with Crippen LogP contribution in [-0.2, 0) is 20.7 Å². The van der Waals surface area contributed by atoms with Gasteiger partial charge in [-0.3, -0.25) is 10.1 Å². The van der Waals surface area contributed by atoms with Gasteiger partial charge in [0.2, 0.25) is 12.6 Å². The zero-order valence-corrected chi connectivity index (χ0v) is 10.4. The quantitative estimate of drug-likeness (QED) is 0.870. The minimum atomic E-state index is -0.637. The summed E-state index contributed by atoms with van der Waals surface area (Å²) in [6.45, 7) is 2.01. The molecule has 0 fully saturated rings. The zero-order valence-electron chi connectivity index (χ0n) is 10.4. The van der Waals surface area contributed by atoms with Crippen LogP contribution in [0.2, 0.25) is 0 Å². The Balaban J connectivity index is 1.91. The number of imide groups is 1. The number of benzene rings is 1. The number of aryl methyl sites for hydroxylation is 1. The lowest BCUT2D eigenvalue weighted by molar-refractivity contribution is -0.119. The predicted octanol–water partition coefficient (Wildman–Crippen LogP) is 1.74. The molecule has 1 aliphatic heterocycles. The Labute approximate surface area is 110 Å². The minimum absolute atomic E-state index is 0.0110. The normalized spacial score (nSPS) is 13.0. The molecule has 0 atom stereocenters. The van der Waals surface area contributed by atoms with Gasteiger partial charge in [0.25, 0.3) is 5.91 Å². The fourth-order valence-corrected chi connectivity index (χ4v) is 1.56. The Morgan fingerprint density at radius 1 is 1.37 bits per heavy atom. The molecule has 0 saturated heterocycles. The first-order valence-electron chi connectivity index (χ1n) is 5.85. The van der Waals surface area contributed by atoms with Crippen molar-refractivity contribution in [2.24, 2.45) is 0 Å². The van der Waals surface area contributed by atoms with Crippen LogP contribution >= 0.6 is 0 Å². The van der Waals surface area contributed by atoms with Crippen molar-refractivity contribution in [3.63, 3.8) is 0 Å². The maximum Gasteiger partial charge on any atom is 0.326 e. The number of carbonyl (C=O) groups excluding carboxylic acids is 2. The Morgan fingerprint density at radius 2 is 2.21 bits per heavy atom. The molecule has 1 aliphatic rings. The van der Waals surface area contributed by atoms with Gasteiger partial charge in [-0.25, -0.2) is 4.79 Å². The fourth-order valence-electron chi connectivity index (χ4n) is 1.56. The van der Waals surface area contributed by atoms with Gasteiger partial charge in [0.15, 0.2) is 0 Å². The van der Waals surface area contributed by atoms with Crippen molar-refractivity contribution in [3.8, 4) is 0 Å². The van der Waals surface area contributed by atoms with Crippen LogP contribution < -0.4 is 10.6 Å². The van der Waals surface area contributed by atoms with Crippen LogP contribution in [0.15, 0.2) is 36.3 Å². The second-order valence-corrected chi connectivity index (χ2v) is 3.87. The Hall–Kier alpha value is -2.50. The summed E-state index contributed by atoms with van der Waals surface area (Å²) in [5.41, 5.74) is 1.72. The van der Waals surface area contributed by atoms with Crippen molar-refractivity contribution in [1.29, 1.82) is 0 Å². The van der Waals surface area contributed by atoms with E-state index >= 15 is 0 Å². The van der Waals surface area contributed by atoms with Crippen LogP contribution in [0.4, 0.5) is 10.5 Å². The highest BCUT2D eigenvalue weighted by Crippen LogP contribution is 2.11. The van der Waals surface area contributed by atoms with Gasteiger partial charge < -0.3 is 14.8 Å². The van der Waals surface area contributed by atoms with E-state index in [-0.39, 0.29) is 12.6 Å². The number of anilines is 1. The first kappa shape index (κ1) is 12.9. The third kappa shape index (κ3) is 3.48. The van der Waals surface area contributed by atoms with E-state index in [0.29, 0.717) is 5.69 Å². The molecule has 1 heterocycles. The van der Waals surface area contributed by atoms with Crippen molar-refractivity contribution in [2.45, 2.75) is 13.3 Å². The summed E-state index contributed by atoms with van der Waals surface area (Å²) in [5, 5.41) is 4.72. The summed E-state index contributed by atoms with van der Waals surface area (Å²) in [6, 6.07) is 6.78. The molecule has 2 N–H and O–H groups in total. The molecule has 100 valence electrons. The summed E-state index contributed by atoms with van der Waals surface area (Å²) in [6.07, 6.45) is 2.04. The number of carbonyl (C=O) groups is 2. The largest absolute Gasteiger partial charge is 0.461 e. The lowest BCUT2D eigenvalue weighted by atomic mass is 10.1. The van der Waals surface area contributed by atoms with Crippen molar-refractivity contribution < 1.29 is 19.1 Å². The third-order valence-corrected chi connectivity index (χ3v) is 2.52. The standard InChI is InChI=1S/C13H14N2O4/c1-2-9-4-3-5-10(6-9)14-13(17)15-12(16)11-7-18-8-19-11/h3-7H,2,8H2,1H3,(H2,14,15,16,17). The van der Waals surface area contributed by atoms with Crippen molar-refractivity contribution in [2.75, 3.05) is 12.1 Å². The molecule has 6 nitrogen and oxygen atoms in total. The van der Waals surface area contributed by atoms with Crippen molar-refractivity contribution in [3.05, 3.63) is 41.9 Å². The summed E-state index contributed by atoms with van der Waals surface area (Å²) in [4.78, 5) is 23.1. The van der Waals surface area contributed by atoms with Gasteiger partial charge in [-0.2, -0.15) is 0 Å². The molecule has 0 spiro atoms. The number of ether oxygens (including phenoxy) is 2. The number of amides is 3. The average Bonchev–Trinajstić information content (AvgIpc) is 2.92. The fraction of sp³-hybridized carbons (Fsp3) is 0.231. The molecule has 0 aromatic heterocycles. The van der Waals surface area contributed by atoms with Gasteiger partial charge in [-0.15, -0.1) is 0 Å². The first-order chi connectivity index (χ1) is 9.19. The van der Waals surface area contributed by atoms with Gasteiger partial charge in [0.1, 0.15) is 6.26 Å². The van der Waals surface area contributed by atoms with E-state index in [2.05, 4.69) is 10.6 Å². The molecule has 0 aliphatic carbocycles. The Bertz CT molecular complexity index is 525. The molecule has 0 radical (unpaired) electrons. The van der Waals surface area contributed by atoms with E-state index < -0.39 is 11.9 Å². The molecule has 1 aromatic rings. The van der Waals surface area contributed by atoms with Gasteiger partial charge >= 0.3 is 6.03 Å². The van der Waals surface area contributed by atoms with Gasteiger partial charge in [-0.05, 0) is 24.1 Å².